The second-order valence-corrected chi connectivity index (χ2v) is 7.38. The summed E-state index contributed by atoms with van der Waals surface area (Å²) in [5.74, 6) is -0.896. The van der Waals surface area contributed by atoms with Crippen molar-refractivity contribution >= 4 is 11.9 Å². The van der Waals surface area contributed by atoms with Crippen LogP contribution in [-0.2, 0) is 23.2 Å². The first-order chi connectivity index (χ1) is 12.9. The number of carbonyl (C=O) groups is 2. The minimum absolute atomic E-state index is 0.228. The van der Waals surface area contributed by atoms with Crippen molar-refractivity contribution in [2.24, 2.45) is 0 Å². The van der Waals surface area contributed by atoms with E-state index < -0.39 is 29.4 Å². The Bertz CT molecular complexity index is 929. The summed E-state index contributed by atoms with van der Waals surface area (Å²) in [4.78, 5) is 26.5. The number of fused-ring (bicyclic) bond motifs is 1. The molecule has 2 aliphatic rings. The number of rotatable bonds is 4. The van der Waals surface area contributed by atoms with Crippen LogP contribution in [0, 0.1) is 5.82 Å². The second-order valence-electron chi connectivity index (χ2n) is 7.38. The van der Waals surface area contributed by atoms with Gasteiger partial charge in [-0.3, -0.25) is 9.69 Å². The molecule has 2 aromatic carbocycles. The first-order valence-electron chi connectivity index (χ1n) is 9.08. The average Bonchev–Trinajstić information content (AvgIpc) is 3.20. The van der Waals surface area contributed by atoms with Gasteiger partial charge in [0.05, 0.1) is 12.6 Å². The summed E-state index contributed by atoms with van der Waals surface area (Å²) >= 11 is 0. The molecule has 2 atom stereocenters. The van der Waals surface area contributed by atoms with Crippen molar-refractivity contribution in [1.29, 1.82) is 0 Å². The quantitative estimate of drug-likeness (QED) is 0.816. The Labute approximate surface area is 156 Å². The number of aliphatic hydroxyl groups excluding tert-OH is 1. The summed E-state index contributed by atoms with van der Waals surface area (Å²) < 4.78 is 13.4. The number of hydrogen-bond donors (Lipinski definition) is 2. The van der Waals surface area contributed by atoms with Crippen molar-refractivity contribution in [1.82, 2.24) is 10.2 Å². The third-order valence-corrected chi connectivity index (χ3v) is 5.54. The summed E-state index contributed by atoms with van der Waals surface area (Å²) in [6, 6.07) is 10.9. The van der Waals surface area contributed by atoms with Crippen molar-refractivity contribution in [3.8, 4) is 0 Å². The zero-order valence-corrected chi connectivity index (χ0v) is 15.0. The van der Waals surface area contributed by atoms with E-state index in [2.05, 4.69) is 5.32 Å². The third kappa shape index (κ3) is 3.00. The molecule has 0 bridgehead atoms. The molecule has 5 nitrogen and oxygen atoms in total. The molecule has 0 spiro atoms. The smallest absolute Gasteiger partial charge is 0.325 e. The van der Waals surface area contributed by atoms with Crippen molar-refractivity contribution in [2.45, 2.75) is 37.8 Å². The second kappa shape index (κ2) is 6.46. The van der Waals surface area contributed by atoms with Crippen LogP contribution in [0.3, 0.4) is 0 Å². The number of carbonyl (C=O) groups excluding carboxylic acids is 2. The van der Waals surface area contributed by atoms with Crippen LogP contribution in [0.25, 0.3) is 0 Å². The van der Waals surface area contributed by atoms with Gasteiger partial charge in [-0.15, -0.1) is 0 Å². The van der Waals surface area contributed by atoms with E-state index in [1.54, 1.807) is 13.0 Å². The number of nitrogens with zero attached hydrogens (tertiary/aromatic N) is 1. The predicted molar refractivity (Wildman–Crippen MR) is 97.4 cm³/mol. The van der Waals surface area contributed by atoms with Crippen molar-refractivity contribution < 1.29 is 19.1 Å². The zero-order chi connectivity index (χ0) is 19.2. The lowest BCUT2D eigenvalue weighted by Crippen LogP contribution is -2.41. The number of urea groups is 1. The molecular formula is C21H21FN2O3. The third-order valence-electron chi connectivity index (χ3n) is 5.54. The maximum Gasteiger partial charge on any atom is 0.325 e. The fourth-order valence-corrected chi connectivity index (χ4v) is 3.93. The molecule has 3 amide bonds. The first kappa shape index (κ1) is 17.7. The topological polar surface area (TPSA) is 69.6 Å². The molecule has 0 aromatic heterocycles. The fourth-order valence-electron chi connectivity index (χ4n) is 3.93. The van der Waals surface area contributed by atoms with Crippen LogP contribution in [-0.4, -0.2) is 28.5 Å². The van der Waals surface area contributed by atoms with E-state index in [-0.39, 0.29) is 6.54 Å². The van der Waals surface area contributed by atoms with Crippen LogP contribution < -0.4 is 5.32 Å². The molecule has 2 N–H and O–H groups in total. The molecule has 2 aromatic rings. The molecule has 2 unspecified atom stereocenters. The lowest BCUT2D eigenvalue weighted by molar-refractivity contribution is -0.132. The molecule has 0 saturated carbocycles. The van der Waals surface area contributed by atoms with Crippen LogP contribution in [0.4, 0.5) is 9.18 Å². The fraction of sp³-hybridized carbons (Fsp3) is 0.333. The summed E-state index contributed by atoms with van der Waals surface area (Å²) in [6.07, 6.45) is 1.96. The van der Waals surface area contributed by atoms with Gasteiger partial charge >= 0.3 is 6.03 Å². The molecule has 1 aliphatic heterocycles. The van der Waals surface area contributed by atoms with Gasteiger partial charge in [-0.1, -0.05) is 30.3 Å². The highest BCUT2D eigenvalue weighted by molar-refractivity contribution is 6.07. The van der Waals surface area contributed by atoms with E-state index >= 15 is 0 Å². The normalized spacial score (nSPS) is 22.7. The Kier molecular flexibility index (Phi) is 4.23. The van der Waals surface area contributed by atoms with E-state index in [1.807, 2.05) is 18.2 Å². The minimum Gasteiger partial charge on any atom is -0.387 e. The van der Waals surface area contributed by atoms with Crippen molar-refractivity contribution in [2.75, 3.05) is 6.54 Å². The average molecular weight is 368 g/mol. The molecule has 4 rings (SSSR count). The first-order valence-corrected chi connectivity index (χ1v) is 9.08. The number of imide groups is 1. The number of β-amino-alcohol motifs (C(OH)–C–C–N with tert-alkyl or cyclic N) is 1. The molecule has 1 heterocycles. The minimum atomic E-state index is -1.17. The molecule has 140 valence electrons. The van der Waals surface area contributed by atoms with Crippen LogP contribution >= 0.6 is 0 Å². The Morgan fingerprint density at radius 1 is 1.19 bits per heavy atom. The van der Waals surface area contributed by atoms with Gasteiger partial charge in [0, 0.05) is 0 Å². The lowest BCUT2D eigenvalue weighted by Gasteiger charge is -2.24. The molecular weight excluding hydrogens is 347 g/mol. The van der Waals surface area contributed by atoms with Crippen LogP contribution in [0.15, 0.2) is 42.5 Å². The van der Waals surface area contributed by atoms with Gasteiger partial charge < -0.3 is 10.4 Å². The molecule has 1 aliphatic carbocycles. The maximum atomic E-state index is 13.4. The van der Waals surface area contributed by atoms with Crippen LogP contribution in [0.1, 0.15) is 41.7 Å². The van der Waals surface area contributed by atoms with Crippen molar-refractivity contribution in [3.63, 3.8) is 0 Å². The van der Waals surface area contributed by atoms with E-state index in [0.29, 0.717) is 5.56 Å². The number of amides is 3. The number of aliphatic hydroxyl groups is 1. The molecule has 6 heteroatoms. The van der Waals surface area contributed by atoms with Crippen LogP contribution in [0.2, 0.25) is 0 Å². The van der Waals surface area contributed by atoms with Gasteiger partial charge in [0.1, 0.15) is 11.4 Å². The Balaban J connectivity index is 1.58. The number of nitrogens with one attached hydrogen (secondary N) is 1. The van der Waals surface area contributed by atoms with E-state index in [0.717, 1.165) is 29.7 Å². The maximum absolute atomic E-state index is 13.4. The largest absolute Gasteiger partial charge is 0.387 e. The van der Waals surface area contributed by atoms with E-state index in [9.17, 15) is 19.1 Å². The van der Waals surface area contributed by atoms with E-state index in [1.165, 1.54) is 29.3 Å². The van der Waals surface area contributed by atoms with Gasteiger partial charge in [0.25, 0.3) is 5.91 Å². The van der Waals surface area contributed by atoms with E-state index in [4.69, 9.17) is 0 Å². The Hall–Kier alpha value is -2.73. The lowest BCUT2D eigenvalue weighted by atomic mass is 9.89. The summed E-state index contributed by atoms with van der Waals surface area (Å²) in [6.45, 7) is 1.45. The summed E-state index contributed by atoms with van der Waals surface area (Å²) in [5.41, 5.74) is 2.40. The SMILES string of the molecule is CC1(c2ccc3c(c2)CCC3)NC(=O)N(CC(O)c2cccc(F)c2)C1=O. The standard InChI is InChI=1S/C21H21FN2O3/c1-21(16-9-8-13-4-2-5-14(13)10-16)19(26)24(20(27)23-21)12-18(25)15-6-3-7-17(22)11-15/h3,6-11,18,25H,2,4-5,12H2,1H3,(H,23,27). The number of halogens is 1. The highest BCUT2D eigenvalue weighted by Crippen LogP contribution is 2.33. The van der Waals surface area contributed by atoms with Gasteiger partial charge in [-0.25, -0.2) is 9.18 Å². The Morgan fingerprint density at radius 2 is 1.96 bits per heavy atom. The van der Waals surface area contributed by atoms with Gasteiger partial charge in [-0.2, -0.15) is 0 Å². The summed E-state index contributed by atoms with van der Waals surface area (Å²) in [5, 5.41) is 13.1. The zero-order valence-electron chi connectivity index (χ0n) is 15.0. The van der Waals surface area contributed by atoms with Gasteiger partial charge in [-0.05, 0) is 60.6 Å². The number of hydrogen-bond acceptors (Lipinski definition) is 3. The monoisotopic (exact) mass is 368 g/mol. The molecule has 1 saturated heterocycles. The van der Waals surface area contributed by atoms with Crippen LogP contribution in [0.5, 0.6) is 0 Å². The molecule has 27 heavy (non-hydrogen) atoms. The van der Waals surface area contributed by atoms with Crippen molar-refractivity contribution in [3.05, 3.63) is 70.5 Å². The predicted octanol–water partition coefficient (Wildman–Crippen LogP) is 2.82. The van der Waals surface area contributed by atoms with Gasteiger partial charge in [0.15, 0.2) is 0 Å². The highest BCUT2D eigenvalue weighted by atomic mass is 19.1. The van der Waals surface area contributed by atoms with Gasteiger partial charge in [0.2, 0.25) is 0 Å². The summed E-state index contributed by atoms with van der Waals surface area (Å²) in [7, 11) is 0. The molecule has 0 radical (unpaired) electrons. The number of benzene rings is 2. The highest BCUT2D eigenvalue weighted by Gasteiger charge is 2.49. The molecule has 1 fully saturated rings. The number of aryl methyl sites for hydroxylation is 2. The Morgan fingerprint density at radius 3 is 2.74 bits per heavy atom.